The van der Waals surface area contributed by atoms with E-state index in [9.17, 15) is 18.0 Å². The number of alkyl halides is 3. The van der Waals surface area contributed by atoms with E-state index >= 15 is 0 Å². The van der Waals surface area contributed by atoms with E-state index in [2.05, 4.69) is 25.7 Å². The fourth-order valence-electron chi connectivity index (χ4n) is 4.02. The number of benzene rings is 1. The van der Waals surface area contributed by atoms with Crippen molar-refractivity contribution < 1.29 is 18.0 Å². The second kappa shape index (κ2) is 10.3. The summed E-state index contributed by atoms with van der Waals surface area (Å²) in [6.45, 7) is 8.90. The summed E-state index contributed by atoms with van der Waals surface area (Å²) in [5.74, 6) is 0.268. The van der Waals surface area contributed by atoms with Crippen LogP contribution in [-0.2, 0) is 17.4 Å². The summed E-state index contributed by atoms with van der Waals surface area (Å²) in [5.41, 5.74) is 0.131. The predicted octanol–water partition coefficient (Wildman–Crippen LogP) is 5.14. The Bertz CT molecular complexity index is 630. The normalized spacial score (nSPS) is 16.9. The van der Waals surface area contributed by atoms with E-state index in [-0.39, 0.29) is 11.9 Å². The lowest BCUT2D eigenvalue weighted by Crippen LogP contribution is -2.41. The van der Waals surface area contributed by atoms with Gasteiger partial charge in [0.2, 0.25) is 5.91 Å². The number of carbonyl (C=O) groups is 1. The number of carbonyl (C=O) groups excluding carboxylic acids is 1. The smallest absolute Gasteiger partial charge is 0.343 e. The first-order valence-corrected chi connectivity index (χ1v) is 10.4. The summed E-state index contributed by atoms with van der Waals surface area (Å²) in [7, 11) is 0. The van der Waals surface area contributed by atoms with Crippen LogP contribution >= 0.6 is 0 Å². The van der Waals surface area contributed by atoms with Crippen LogP contribution in [0.2, 0.25) is 0 Å². The van der Waals surface area contributed by atoms with Gasteiger partial charge < -0.3 is 4.90 Å². The summed E-state index contributed by atoms with van der Waals surface area (Å²) in [5, 5.41) is 0. The summed E-state index contributed by atoms with van der Waals surface area (Å²) in [4.78, 5) is 16.2. The molecule has 3 nitrogen and oxygen atoms in total. The Morgan fingerprint density at radius 3 is 2.54 bits per heavy atom. The van der Waals surface area contributed by atoms with Crippen molar-refractivity contribution >= 4 is 5.91 Å². The second-order valence-electron chi connectivity index (χ2n) is 8.13. The number of likely N-dealkylation sites (tertiary alicyclic amines) is 1. The van der Waals surface area contributed by atoms with Gasteiger partial charge in [-0.15, -0.1) is 0 Å². The van der Waals surface area contributed by atoms with E-state index in [1.54, 1.807) is 6.07 Å². The van der Waals surface area contributed by atoms with E-state index < -0.39 is 11.7 Å². The van der Waals surface area contributed by atoms with Gasteiger partial charge in [0.05, 0.1) is 5.56 Å². The lowest BCUT2D eigenvalue weighted by molar-refractivity contribution is -0.137. The van der Waals surface area contributed by atoms with Gasteiger partial charge in [-0.25, -0.2) is 0 Å². The molecule has 1 aliphatic heterocycles. The van der Waals surface area contributed by atoms with Crippen LogP contribution in [0.5, 0.6) is 0 Å². The minimum atomic E-state index is -4.30. The van der Waals surface area contributed by atoms with Gasteiger partial charge in [-0.05, 0) is 71.0 Å². The van der Waals surface area contributed by atoms with Crippen molar-refractivity contribution in [1.82, 2.24) is 9.80 Å². The van der Waals surface area contributed by atoms with Gasteiger partial charge in [-0.2, -0.15) is 13.2 Å². The van der Waals surface area contributed by atoms with Crippen LogP contribution in [-0.4, -0.2) is 47.4 Å². The van der Waals surface area contributed by atoms with Crippen LogP contribution < -0.4 is 0 Å². The molecule has 1 saturated heterocycles. The van der Waals surface area contributed by atoms with Crippen LogP contribution in [0, 0.1) is 0 Å². The summed E-state index contributed by atoms with van der Waals surface area (Å²) >= 11 is 0. The third-order valence-electron chi connectivity index (χ3n) is 5.53. The number of unbranched alkanes of at least 4 members (excludes halogenated alkanes) is 1. The highest BCUT2D eigenvalue weighted by Gasteiger charge is 2.30. The number of amides is 1. The monoisotopic (exact) mass is 398 g/mol. The molecule has 2 rings (SSSR count). The highest BCUT2D eigenvalue weighted by molar-refractivity contribution is 5.76. The molecule has 1 fully saturated rings. The van der Waals surface area contributed by atoms with Gasteiger partial charge in [-0.1, -0.05) is 18.2 Å². The number of hydrogen-bond acceptors (Lipinski definition) is 2. The number of piperidine rings is 1. The molecule has 1 amide bonds. The largest absolute Gasteiger partial charge is 0.416 e. The Kier molecular flexibility index (Phi) is 8.35. The molecule has 1 aliphatic rings. The van der Waals surface area contributed by atoms with E-state index in [0.717, 1.165) is 51.4 Å². The van der Waals surface area contributed by atoms with Gasteiger partial charge in [0, 0.05) is 31.6 Å². The molecule has 0 N–H and O–H groups in total. The molecule has 1 unspecified atom stereocenters. The number of hydrogen-bond donors (Lipinski definition) is 0. The highest BCUT2D eigenvalue weighted by atomic mass is 19.4. The van der Waals surface area contributed by atoms with Crippen LogP contribution in [0.15, 0.2) is 24.3 Å². The van der Waals surface area contributed by atoms with E-state index in [4.69, 9.17) is 0 Å². The van der Waals surface area contributed by atoms with Crippen molar-refractivity contribution in [3.05, 3.63) is 35.4 Å². The molecule has 0 bridgehead atoms. The van der Waals surface area contributed by atoms with Crippen molar-refractivity contribution in [3.8, 4) is 0 Å². The molecule has 1 aromatic rings. The Morgan fingerprint density at radius 2 is 1.89 bits per heavy atom. The van der Waals surface area contributed by atoms with Crippen molar-refractivity contribution in [2.24, 2.45) is 0 Å². The molecule has 1 aromatic carbocycles. The quantitative estimate of drug-likeness (QED) is 0.538. The Morgan fingerprint density at radius 1 is 1.14 bits per heavy atom. The van der Waals surface area contributed by atoms with Crippen molar-refractivity contribution in [2.45, 2.75) is 77.6 Å². The molecule has 6 heteroatoms. The molecule has 0 spiro atoms. The first-order valence-electron chi connectivity index (χ1n) is 10.4. The zero-order valence-electron chi connectivity index (χ0n) is 17.3. The zero-order valence-corrected chi connectivity index (χ0v) is 17.3. The summed E-state index contributed by atoms with van der Waals surface area (Å²) in [6.07, 6.45) is 1.00. The third kappa shape index (κ3) is 6.80. The second-order valence-corrected chi connectivity index (χ2v) is 8.13. The minimum Gasteiger partial charge on any atom is -0.343 e. The predicted molar refractivity (Wildman–Crippen MR) is 106 cm³/mol. The van der Waals surface area contributed by atoms with E-state index in [1.165, 1.54) is 12.1 Å². The maximum absolute atomic E-state index is 12.9. The standard InChI is InChI=1S/C22H33F3N2O/c1-17(2)27(14-7-6-13-26-12-5-4-11-21(26)28)18(3)15-19-9-8-10-20(16-19)22(23,24)25/h8-10,16-18H,4-7,11-15H2,1-3H3. The Labute approximate surface area is 166 Å². The molecular formula is C22H33F3N2O. The number of rotatable bonds is 9. The average molecular weight is 399 g/mol. The van der Waals surface area contributed by atoms with Gasteiger partial charge in [0.25, 0.3) is 0 Å². The molecular weight excluding hydrogens is 365 g/mol. The third-order valence-corrected chi connectivity index (χ3v) is 5.53. The molecule has 1 atom stereocenters. The SMILES string of the molecule is CC(C)N(CCCCN1CCCCC1=O)C(C)Cc1cccc(C(F)(F)F)c1. The van der Waals surface area contributed by atoms with Gasteiger partial charge in [0.15, 0.2) is 0 Å². The van der Waals surface area contributed by atoms with Crippen molar-refractivity contribution in [3.63, 3.8) is 0 Å². The first-order chi connectivity index (χ1) is 13.2. The topological polar surface area (TPSA) is 23.6 Å². The Hall–Kier alpha value is -1.56. The number of halogens is 3. The van der Waals surface area contributed by atoms with Crippen LogP contribution in [0.3, 0.4) is 0 Å². The van der Waals surface area contributed by atoms with Gasteiger partial charge in [0.1, 0.15) is 0 Å². The van der Waals surface area contributed by atoms with Gasteiger partial charge >= 0.3 is 6.18 Å². The molecule has 1 heterocycles. The van der Waals surface area contributed by atoms with Crippen molar-refractivity contribution in [2.75, 3.05) is 19.6 Å². The average Bonchev–Trinajstić information content (AvgIpc) is 2.62. The fraction of sp³-hybridized carbons (Fsp3) is 0.682. The fourth-order valence-corrected chi connectivity index (χ4v) is 4.02. The molecule has 0 radical (unpaired) electrons. The molecule has 0 saturated carbocycles. The lowest BCUT2D eigenvalue weighted by Gasteiger charge is -2.33. The molecule has 0 aliphatic carbocycles. The first kappa shape index (κ1) is 22.7. The molecule has 0 aromatic heterocycles. The lowest BCUT2D eigenvalue weighted by atomic mass is 10.0. The van der Waals surface area contributed by atoms with Crippen molar-refractivity contribution in [1.29, 1.82) is 0 Å². The zero-order chi connectivity index (χ0) is 20.7. The van der Waals surface area contributed by atoms with Crippen LogP contribution in [0.4, 0.5) is 13.2 Å². The number of nitrogens with zero attached hydrogens (tertiary/aromatic N) is 2. The molecule has 158 valence electrons. The van der Waals surface area contributed by atoms with Crippen LogP contribution in [0.1, 0.15) is 64.0 Å². The maximum atomic E-state index is 12.9. The minimum absolute atomic E-state index is 0.153. The van der Waals surface area contributed by atoms with E-state index in [1.807, 2.05) is 4.90 Å². The highest BCUT2D eigenvalue weighted by Crippen LogP contribution is 2.30. The summed E-state index contributed by atoms with van der Waals surface area (Å²) < 4.78 is 38.8. The molecule has 28 heavy (non-hydrogen) atoms. The maximum Gasteiger partial charge on any atom is 0.416 e. The summed E-state index contributed by atoms with van der Waals surface area (Å²) in [6, 6.07) is 6.11. The van der Waals surface area contributed by atoms with E-state index in [0.29, 0.717) is 24.4 Å². The Balaban J connectivity index is 1.86. The van der Waals surface area contributed by atoms with Gasteiger partial charge in [-0.3, -0.25) is 9.69 Å². The van der Waals surface area contributed by atoms with Crippen LogP contribution in [0.25, 0.3) is 0 Å².